The fourth-order valence-corrected chi connectivity index (χ4v) is 4.39. The Kier molecular flexibility index (Phi) is 4.95. The molecule has 2 amide bonds. The van der Waals surface area contributed by atoms with Crippen molar-refractivity contribution < 1.29 is 14.3 Å². The van der Waals surface area contributed by atoms with Gasteiger partial charge in [0.2, 0.25) is 0 Å². The van der Waals surface area contributed by atoms with Crippen molar-refractivity contribution in [2.75, 3.05) is 32.8 Å². The predicted molar refractivity (Wildman–Crippen MR) is 95.4 cm³/mol. The van der Waals surface area contributed by atoms with Crippen LogP contribution in [0.2, 0.25) is 0 Å². The number of hydrogen-bond donors (Lipinski definition) is 1. The van der Waals surface area contributed by atoms with Crippen LogP contribution in [-0.2, 0) is 9.47 Å². The standard InChI is InChI=1S/C20H28N2O3/c23-19(22-11-8-18(15-22)17-4-2-1-3-5-17)21-14-16-6-9-20(10-7-16)24-12-13-25-20/h1-5,16,18H,6-15H2,(H,21,23). The topological polar surface area (TPSA) is 50.8 Å². The molecule has 1 aromatic rings. The first-order chi connectivity index (χ1) is 12.2. The van der Waals surface area contributed by atoms with Gasteiger partial charge in [0.15, 0.2) is 5.79 Å². The maximum absolute atomic E-state index is 12.5. The van der Waals surface area contributed by atoms with Gasteiger partial charge in [0.25, 0.3) is 0 Å². The quantitative estimate of drug-likeness (QED) is 0.916. The average Bonchev–Trinajstić information content (AvgIpc) is 3.32. The fourth-order valence-electron chi connectivity index (χ4n) is 4.39. The molecule has 1 saturated carbocycles. The van der Waals surface area contributed by atoms with Crippen LogP contribution in [0, 0.1) is 5.92 Å². The summed E-state index contributed by atoms with van der Waals surface area (Å²) in [7, 11) is 0. The van der Waals surface area contributed by atoms with E-state index in [1.807, 2.05) is 11.0 Å². The van der Waals surface area contributed by atoms with Crippen molar-refractivity contribution in [3.8, 4) is 0 Å². The van der Waals surface area contributed by atoms with Crippen molar-refractivity contribution in [3.63, 3.8) is 0 Å². The molecule has 3 aliphatic rings. The fraction of sp³-hybridized carbons (Fsp3) is 0.650. The van der Waals surface area contributed by atoms with Crippen LogP contribution in [0.4, 0.5) is 4.79 Å². The molecule has 1 spiro atoms. The summed E-state index contributed by atoms with van der Waals surface area (Å²) in [4.78, 5) is 14.4. The van der Waals surface area contributed by atoms with Crippen molar-refractivity contribution in [2.24, 2.45) is 5.92 Å². The van der Waals surface area contributed by atoms with Crippen molar-refractivity contribution in [2.45, 2.75) is 43.8 Å². The molecule has 4 rings (SSSR count). The molecule has 1 atom stereocenters. The number of carbonyl (C=O) groups excluding carboxylic acids is 1. The Bertz CT molecular complexity index is 576. The third-order valence-electron chi connectivity index (χ3n) is 5.97. The molecule has 1 aliphatic carbocycles. The highest BCUT2D eigenvalue weighted by Crippen LogP contribution is 2.38. The van der Waals surface area contributed by atoms with E-state index in [4.69, 9.17) is 9.47 Å². The number of amides is 2. The lowest BCUT2D eigenvalue weighted by molar-refractivity contribution is -0.182. The number of nitrogens with one attached hydrogen (secondary N) is 1. The third-order valence-corrected chi connectivity index (χ3v) is 5.97. The molecule has 1 unspecified atom stereocenters. The van der Waals surface area contributed by atoms with Crippen LogP contribution in [0.25, 0.3) is 0 Å². The van der Waals surface area contributed by atoms with E-state index in [2.05, 4.69) is 29.6 Å². The summed E-state index contributed by atoms with van der Waals surface area (Å²) in [5.41, 5.74) is 1.34. The minimum atomic E-state index is -0.307. The molecule has 0 radical (unpaired) electrons. The van der Waals surface area contributed by atoms with E-state index in [9.17, 15) is 4.79 Å². The number of hydrogen-bond acceptors (Lipinski definition) is 3. The lowest BCUT2D eigenvalue weighted by atomic mass is 9.85. The smallest absolute Gasteiger partial charge is 0.317 e. The Morgan fingerprint density at radius 2 is 1.84 bits per heavy atom. The Morgan fingerprint density at radius 1 is 1.12 bits per heavy atom. The van der Waals surface area contributed by atoms with Gasteiger partial charge >= 0.3 is 6.03 Å². The highest BCUT2D eigenvalue weighted by atomic mass is 16.7. The molecule has 0 aromatic heterocycles. The lowest BCUT2D eigenvalue weighted by Gasteiger charge is -2.35. The highest BCUT2D eigenvalue weighted by molar-refractivity contribution is 5.74. The van der Waals surface area contributed by atoms with Crippen molar-refractivity contribution in [1.29, 1.82) is 0 Å². The van der Waals surface area contributed by atoms with Crippen molar-refractivity contribution in [1.82, 2.24) is 10.2 Å². The summed E-state index contributed by atoms with van der Waals surface area (Å²) < 4.78 is 11.5. The second-order valence-corrected chi connectivity index (χ2v) is 7.58. The summed E-state index contributed by atoms with van der Waals surface area (Å²) in [5.74, 6) is 0.700. The van der Waals surface area contributed by atoms with Crippen LogP contribution in [0.15, 0.2) is 30.3 Å². The summed E-state index contributed by atoms with van der Waals surface area (Å²) in [6, 6.07) is 10.6. The molecule has 5 nitrogen and oxygen atoms in total. The number of urea groups is 1. The average molecular weight is 344 g/mol. The zero-order valence-corrected chi connectivity index (χ0v) is 14.8. The van der Waals surface area contributed by atoms with E-state index in [0.29, 0.717) is 11.8 Å². The largest absolute Gasteiger partial charge is 0.348 e. The number of nitrogens with zero attached hydrogens (tertiary/aromatic N) is 1. The number of benzene rings is 1. The number of likely N-dealkylation sites (tertiary alicyclic amines) is 1. The second kappa shape index (κ2) is 7.34. The van der Waals surface area contributed by atoms with Gasteiger partial charge in [-0.15, -0.1) is 0 Å². The molecule has 2 heterocycles. The molecule has 0 bridgehead atoms. The summed E-state index contributed by atoms with van der Waals surface area (Å²) in [6.45, 7) is 3.88. The molecule has 2 saturated heterocycles. The molecule has 3 fully saturated rings. The van der Waals surface area contributed by atoms with Gasteiger partial charge in [-0.2, -0.15) is 0 Å². The van der Waals surface area contributed by atoms with Gasteiger partial charge in [-0.1, -0.05) is 30.3 Å². The lowest BCUT2D eigenvalue weighted by Crippen LogP contribution is -2.43. The molecular weight excluding hydrogens is 316 g/mol. The van der Waals surface area contributed by atoms with Crippen LogP contribution in [0.5, 0.6) is 0 Å². The van der Waals surface area contributed by atoms with Gasteiger partial charge in [0, 0.05) is 38.4 Å². The number of rotatable bonds is 3. The van der Waals surface area contributed by atoms with Gasteiger partial charge in [0.1, 0.15) is 0 Å². The van der Waals surface area contributed by atoms with E-state index in [1.165, 1.54) is 5.56 Å². The second-order valence-electron chi connectivity index (χ2n) is 7.58. The van der Waals surface area contributed by atoms with Crippen molar-refractivity contribution in [3.05, 3.63) is 35.9 Å². The van der Waals surface area contributed by atoms with Gasteiger partial charge in [-0.25, -0.2) is 4.79 Å². The minimum absolute atomic E-state index is 0.0899. The molecule has 5 heteroatoms. The van der Waals surface area contributed by atoms with E-state index >= 15 is 0 Å². The van der Waals surface area contributed by atoms with E-state index < -0.39 is 0 Å². The van der Waals surface area contributed by atoms with Crippen LogP contribution in [0.3, 0.4) is 0 Å². The molecular formula is C20H28N2O3. The van der Waals surface area contributed by atoms with Crippen LogP contribution >= 0.6 is 0 Å². The third kappa shape index (κ3) is 3.82. The number of ether oxygens (including phenoxy) is 2. The Labute approximate surface area is 149 Å². The molecule has 1 aromatic carbocycles. The van der Waals surface area contributed by atoms with E-state index in [-0.39, 0.29) is 11.8 Å². The molecule has 1 N–H and O–H groups in total. The Balaban J connectivity index is 1.21. The monoisotopic (exact) mass is 344 g/mol. The SMILES string of the molecule is O=C(NCC1CCC2(CC1)OCCO2)N1CCC(c2ccccc2)C1. The normalized spacial score (nSPS) is 26.2. The first kappa shape index (κ1) is 16.9. The van der Waals surface area contributed by atoms with E-state index in [1.54, 1.807) is 0 Å². The Morgan fingerprint density at radius 3 is 2.56 bits per heavy atom. The van der Waals surface area contributed by atoms with Gasteiger partial charge in [-0.3, -0.25) is 0 Å². The maximum atomic E-state index is 12.5. The summed E-state index contributed by atoms with van der Waals surface area (Å²) in [5, 5.41) is 3.15. The summed E-state index contributed by atoms with van der Waals surface area (Å²) >= 11 is 0. The zero-order chi connectivity index (χ0) is 17.1. The predicted octanol–water partition coefficient (Wildman–Crippen LogP) is 3.12. The van der Waals surface area contributed by atoms with Crippen LogP contribution in [0.1, 0.15) is 43.6 Å². The van der Waals surface area contributed by atoms with Crippen LogP contribution < -0.4 is 5.32 Å². The minimum Gasteiger partial charge on any atom is -0.348 e. The Hall–Kier alpha value is -1.59. The molecule has 25 heavy (non-hydrogen) atoms. The van der Waals surface area contributed by atoms with Gasteiger partial charge in [-0.05, 0) is 30.7 Å². The first-order valence-corrected chi connectivity index (χ1v) is 9.60. The maximum Gasteiger partial charge on any atom is 0.317 e. The van der Waals surface area contributed by atoms with Crippen molar-refractivity contribution >= 4 is 6.03 Å². The van der Waals surface area contributed by atoms with Gasteiger partial charge in [0.05, 0.1) is 13.2 Å². The van der Waals surface area contributed by atoms with Gasteiger partial charge < -0.3 is 19.7 Å². The highest BCUT2D eigenvalue weighted by Gasteiger charge is 2.40. The van der Waals surface area contributed by atoms with Crippen LogP contribution in [-0.4, -0.2) is 49.6 Å². The molecule has 2 aliphatic heterocycles. The summed E-state index contributed by atoms with van der Waals surface area (Å²) in [6.07, 6.45) is 5.08. The van der Waals surface area contributed by atoms with E-state index in [0.717, 1.165) is 65.0 Å². The molecule has 136 valence electrons. The zero-order valence-electron chi connectivity index (χ0n) is 14.8. The number of carbonyl (C=O) groups is 1. The first-order valence-electron chi connectivity index (χ1n) is 9.60.